The van der Waals surface area contributed by atoms with Gasteiger partial charge in [0.15, 0.2) is 0 Å². The summed E-state index contributed by atoms with van der Waals surface area (Å²) in [4.78, 5) is 13.1. The fraction of sp³-hybridized carbons (Fsp3) is 0.636. The second-order valence-corrected chi connectivity index (χ2v) is 4.35. The monoisotopic (exact) mass is 222 g/mol. The molecule has 0 saturated carbocycles. The van der Waals surface area contributed by atoms with Crippen molar-refractivity contribution in [1.82, 2.24) is 14.9 Å². The third-order valence-electron chi connectivity index (χ3n) is 2.96. The Labute approximate surface area is 95.7 Å². The lowest BCUT2D eigenvalue weighted by molar-refractivity contribution is 0.272. The van der Waals surface area contributed by atoms with Gasteiger partial charge in [-0.05, 0) is 14.0 Å². The maximum Gasteiger partial charge on any atom is 0.225 e. The lowest BCUT2D eigenvalue weighted by Gasteiger charge is -2.38. The zero-order valence-corrected chi connectivity index (χ0v) is 9.80. The Morgan fingerprint density at radius 2 is 2.06 bits per heavy atom. The summed E-state index contributed by atoms with van der Waals surface area (Å²) < 4.78 is 0. The standard InChI is InChI=1S/C11H18N4O/c1-9-7-14(2)3-4-15(9)11-12-5-10(8-16)6-13-11/h5-6,9,16H,3-4,7-8H2,1-2H3. The zero-order chi connectivity index (χ0) is 11.5. The van der Waals surface area contributed by atoms with Gasteiger partial charge >= 0.3 is 0 Å². The van der Waals surface area contributed by atoms with E-state index < -0.39 is 0 Å². The SMILES string of the molecule is CC1CN(C)CCN1c1ncc(CO)cn1. The van der Waals surface area contributed by atoms with E-state index >= 15 is 0 Å². The van der Waals surface area contributed by atoms with Gasteiger partial charge < -0.3 is 14.9 Å². The lowest BCUT2D eigenvalue weighted by atomic mass is 10.2. The molecule has 1 N–H and O–H groups in total. The molecule has 2 heterocycles. The van der Waals surface area contributed by atoms with E-state index in [9.17, 15) is 0 Å². The molecule has 1 fully saturated rings. The second kappa shape index (κ2) is 4.76. The van der Waals surface area contributed by atoms with Crippen LogP contribution in [0.1, 0.15) is 12.5 Å². The number of likely N-dealkylation sites (N-methyl/N-ethyl adjacent to an activating group) is 1. The zero-order valence-electron chi connectivity index (χ0n) is 9.80. The first-order chi connectivity index (χ1) is 7.70. The van der Waals surface area contributed by atoms with Crippen molar-refractivity contribution >= 4 is 5.95 Å². The minimum absolute atomic E-state index is 0.00142. The molecule has 1 aliphatic rings. The molecule has 0 aromatic carbocycles. The molecule has 0 spiro atoms. The lowest BCUT2D eigenvalue weighted by Crippen LogP contribution is -2.51. The Kier molecular flexibility index (Phi) is 3.36. The van der Waals surface area contributed by atoms with Crippen LogP contribution in [0.4, 0.5) is 5.95 Å². The molecule has 1 saturated heterocycles. The topological polar surface area (TPSA) is 52.5 Å². The molecule has 1 atom stereocenters. The summed E-state index contributed by atoms with van der Waals surface area (Å²) in [6, 6.07) is 0.429. The van der Waals surface area contributed by atoms with Gasteiger partial charge in [0.2, 0.25) is 5.95 Å². The third kappa shape index (κ3) is 2.31. The summed E-state index contributed by atoms with van der Waals surface area (Å²) in [7, 11) is 2.13. The highest BCUT2D eigenvalue weighted by Gasteiger charge is 2.23. The number of rotatable bonds is 2. The number of anilines is 1. The highest BCUT2D eigenvalue weighted by Crippen LogP contribution is 2.15. The van der Waals surface area contributed by atoms with Gasteiger partial charge in [0, 0.05) is 43.6 Å². The molecule has 16 heavy (non-hydrogen) atoms. The van der Waals surface area contributed by atoms with Crippen molar-refractivity contribution in [1.29, 1.82) is 0 Å². The first-order valence-electron chi connectivity index (χ1n) is 5.57. The van der Waals surface area contributed by atoms with E-state index in [1.807, 2.05) is 0 Å². The molecule has 0 aliphatic carbocycles. The van der Waals surface area contributed by atoms with Gasteiger partial charge in [-0.25, -0.2) is 9.97 Å². The molecule has 1 aromatic rings. The number of nitrogens with zero attached hydrogens (tertiary/aromatic N) is 4. The Bertz CT molecular complexity index is 340. The van der Waals surface area contributed by atoms with E-state index in [0.717, 1.165) is 31.1 Å². The van der Waals surface area contributed by atoms with E-state index in [4.69, 9.17) is 5.11 Å². The van der Waals surface area contributed by atoms with Crippen LogP contribution in [0.5, 0.6) is 0 Å². The summed E-state index contributed by atoms with van der Waals surface area (Å²) in [6.45, 7) is 5.20. The maximum absolute atomic E-state index is 8.93. The predicted molar refractivity (Wildman–Crippen MR) is 62.3 cm³/mol. The molecular formula is C11H18N4O. The minimum Gasteiger partial charge on any atom is -0.392 e. The van der Waals surface area contributed by atoms with E-state index in [-0.39, 0.29) is 6.61 Å². The molecule has 1 aromatic heterocycles. The van der Waals surface area contributed by atoms with Crippen LogP contribution in [0.25, 0.3) is 0 Å². The van der Waals surface area contributed by atoms with Gasteiger partial charge in [0.25, 0.3) is 0 Å². The first-order valence-corrected chi connectivity index (χ1v) is 5.57. The molecule has 88 valence electrons. The fourth-order valence-corrected chi connectivity index (χ4v) is 2.01. The van der Waals surface area contributed by atoms with Crippen LogP contribution in [-0.2, 0) is 6.61 Å². The maximum atomic E-state index is 8.93. The normalized spacial score (nSPS) is 22.4. The van der Waals surface area contributed by atoms with Crippen LogP contribution in [0.15, 0.2) is 12.4 Å². The fourth-order valence-electron chi connectivity index (χ4n) is 2.01. The summed E-state index contributed by atoms with van der Waals surface area (Å²) in [5, 5.41) is 8.93. The van der Waals surface area contributed by atoms with E-state index in [0.29, 0.717) is 6.04 Å². The number of aliphatic hydroxyl groups excluding tert-OH is 1. The highest BCUT2D eigenvalue weighted by molar-refractivity contribution is 5.32. The van der Waals surface area contributed by atoms with E-state index in [1.165, 1.54) is 0 Å². The van der Waals surface area contributed by atoms with Crippen molar-refractivity contribution < 1.29 is 5.11 Å². The van der Waals surface area contributed by atoms with Crippen LogP contribution < -0.4 is 4.90 Å². The van der Waals surface area contributed by atoms with Gasteiger partial charge in [-0.1, -0.05) is 0 Å². The van der Waals surface area contributed by atoms with Crippen LogP contribution in [-0.4, -0.2) is 52.7 Å². The van der Waals surface area contributed by atoms with Crippen molar-refractivity contribution in [3.8, 4) is 0 Å². The average molecular weight is 222 g/mol. The number of aliphatic hydroxyl groups is 1. The van der Waals surface area contributed by atoms with Gasteiger partial charge in [-0.15, -0.1) is 0 Å². The highest BCUT2D eigenvalue weighted by atomic mass is 16.3. The van der Waals surface area contributed by atoms with Crippen molar-refractivity contribution in [2.45, 2.75) is 19.6 Å². The molecule has 0 amide bonds. The Hall–Kier alpha value is -1.20. The second-order valence-electron chi connectivity index (χ2n) is 4.35. The molecule has 1 aliphatic heterocycles. The summed E-state index contributed by atoms with van der Waals surface area (Å²) in [5.74, 6) is 0.762. The molecule has 2 rings (SSSR count). The van der Waals surface area contributed by atoms with Gasteiger partial charge in [0.1, 0.15) is 0 Å². The van der Waals surface area contributed by atoms with E-state index in [2.05, 4.69) is 33.7 Å². The largest absolute Gasteiger partial charge is 0.392 e. The molecule has 5 heteroatoms. The predicted octanol–water partition coefficient (Wildman–Crippen LogP) is 0.109. The van der Waals surface area contributed by atoms with E-state index in [1.54, 1.807) is 12.4 Å². The Morgan fingerprint density at radius 3 is 2.62 bits per heavy atom. The van der Waals surface area contributed by atoms with Gasteiger partial charge in [0.05, 0.1) is 6.61 Å². The summed E-state index contributed by atoms with van der Waals surface area (Å²) >= 11 is 0. The molecule has 5 nitrogen and oxygen atoms in total. The van der Waals surface area contributed by atoms with Crippen molar-refractivity contribution in [2.24, 2.45) is 0 Å². The van der Waals surface area contributed by atoms with Gasteiger partial charge in [-0.3, -0.25) is 0 Å². The smallest absolute Gasteiger partial charge is 0.225 e. The van der Waals surface area contributed by atoms with Crippen molar-refractivity contribution in [3.63, 3.8) is 0 Å². The molecule has 0 bridgehead atoms. The quantitative estimate of drug-likeness (QED) is 0.769. The molecule has 0 radical (unpaired) electrons. The minimum atomic E-state index is -0.00142. The van der Waals surface area contributed by atoms with Gasteiger partial charge in [-0.2, -0.15) is 0 Å². The Balaban J connectivity index is 2.11. The number of hydrogen-bond donors (Lipinski definition) is 1. The summed E-state index contributed by atoms with van der Waals surface area (Å²) in [6.07, 6.45) is 3.38. The third-order valence-corrected chi connectivity index (χ3v) is 2.96. The van der Waals surface area contributed by atoms with Crippen LogP contribution in [0, 0.1) is 0 Å². The van der Waals surface area contributed by atoms with Crippen molar-refractivity contribution in [3.05, 3.63) is 18.0 Å². The Morgan fingerprint density at radius 1 is 1.38 bits per heavy atom. The number of aromatic nitrogens is 2. The number of hydrogen-bond acceptors (Lipinski definition) is 5. The van der Waals surface area contributed by atoms with Crippen LogP contribution in [0.3, 0.4) is 0 Å². The molecule has 1 unspecified atom stereocenters. The van der Waals surface area contributed by atoms with Crippen LogP contribution >= 0.6 is 0 Å². The first kappa shape index (κ1) is 11.3. The number of piperazine rings is 1. The van der Waals surface area contributed by atoms with Crippen molar-refractivity contribution in [2.75, 3.05) is 31.6 Å². The average Bonchev–Trinajstić information content (AvgIpc) is 2.29. The summed E-state index contributed by atoms with van der Waals surface area (Å²) in [5.41, 5.74) is 0.755. The molecular weight excluding hydrogens is 204 g/mol. The van der Waals surface area contributed by atoms with Crippen LogP contribution in [0.2, 0.25) is 0 Å².